The van der Waals surface area contributed by atoms with Gasteiger partial charge in [-0.05, 0) is 17.0 Å². The summed E-state index contributed by atoms with van der Waals surface area (Å²) in [6.07, 6.45) is 0. The van der Waals surface area contributed by atoms with Gasteiger partial charge < -0.3 is 0 Å². The molecular weight excluding hydrogens is 264 g/mol. The summed E-state index contributed by atoms with van der Waals surface area (Å²) in [5, 5.41) is 5.72. The van der Waals surface area contributed by atoms with Gasteiger partial charge in [-0.15, -0.1) is 0 Å². The van der Waals surface area contributed by atoms with Gasteiger partial charge in [-0.25, -0.2) is 0 Å². The monoisotopic (exact) mass is 282 g/mol. The highest BCUT2D eigenvalue weighted by Crippen LogP contribution is 2.34. The van der Waals surface area contributed by atoms with Crippen molar-refractivity contribution in [2.75, 3.05) is 0 Å². The van der Waals surface area contributed by atoms with Crippen molar-refractivity contribution >= 4 is 16.8 Å². The minimum Gasteiger partial charge on any atom is -0.291 e. The molecule has 0 amide bonds. The predicted octanol–water partition coefficient (Wildman–Crippen LogP) is 4.51. The van der Waals surface area contributed by atoms with Gasteiger partial charge in [0.2, 0.25) is 0 Å². The van der Waals surface area contributed by atoms with Crippen LogP contribution in [0, 0.1) is 0 Å². The SMILES string of the molecule is CC(C)c1ccc([C@H]2NN=C(c3ccccc3)S2)cc1. The van der Waals surface area contributed by atoms with Crippen LogP contribution in [0.4, 0.5) is 0 Å². The molecule has 0 bridgehead atoms. The van der Waals surface area contributed by atoms with Crippen molar-refractivity contribution in [3.05, 3.63) is 71.3 Å². The molecule has 1 N–H and O–H groups in total. The van der Waals surface area contributed by atoms with Crippen LogP contribution in [-0.4, -0.2) is 5.04 Å². The summed E-state index contributed by atoms with van der Waals surface area (Å²) in [5.74, 6) is 0.573. The molecule has 0 spiro atoms. The maximum absolute atomic E-state index is 4.45. The van der Waals surface area contributed by atoms with Crippen LogP contribution in [0.2, 0.25) is 0 Å². The second-order valence-corrected chi connectivity index (χ2v) is 6.33. The van der Waals surface area contributed by atoms with Gasteiger partial charge in [0.15, 0.2) is 0 Å². The van der Waals surface area contributed by atoms with Crippen LogP contribution in [0.25, 0.3) is 0 Å². The van der Waals surface area contributed by atoms with Crippen LogP contribution in [-0.2, 0) is 0 Å². The average Bonchev–Trinajstić information content (AvgIpc) is 2.98. The van der Waals surface area contributed by atoms with Gasteiger partial charge in [0.1, 0.15) is 10.4 Å². The van der Waals surface area contributed by atoms with Crippen LogP contribution in [0.5, 0.6) is 0 Å². The summed E-state index contributed by atoms with van der Waals surface area (Å²) < 4.78 is 0. The van der Waals surface area contributed by atoms with E-state index in [2.05, 4.69) is 60.8 Å². The lowest BCUT2D eigenvalue weighted by Gasteiger charge is -2.11. The van der Waals surface area contributed by atoms with Gasteiger partial charge in [0.05, 0.1) is 0 Å². The van der Waals surface area contributed by atoms with E-state index in [0.29, 0.717) is 5.92 Å². The Labute approximate surface area is 124 Å². The van der Waals surface area contributed by atoms with Gasteiger partial charge in [-0.3, -0.25) is 5.43 Å². The highest BCUT2D eigenvalue weighted by Gasteiger charge is 2.21. The van der Waals surface area contributed by atoms with E-state index in [4.69, 9.17) is 0 Å². The first-order chi connectivity index (χ1) is 9.74. The molecule has 0 aliphatic carbocycles. The van der Waals surface area contributed by atoms with Crippen LogP contribution < -0.4 is 5.43 Å². The lowest BCUT2D eigenvalue weighted by molar-refractivity contribution is 0.742. The zero-order valence-electron chi connectivity index (χ0n) is 11.7. The second kappa shape index (κ2) is 5.71. The van der Waals surface area contributed by atoms with Gasteiger partial charge in [0.25, 0.3) is 0 Å². The molecule has 3 rings (SSSR count). The van der Waals surface area contributed by atoms with Gasteiger partial charge in [-0.1, -0.05) is 80.2 Å². The molecule has 1 heterocycles. The maximum Gasteiger partial charge on any atom is 0.126 e. The molecule has 0 aromatic heterocycles. The quantitative estimate of drug-likeness (QED) is 0.896. The molecular formula is C17H18N2S. The fourth-order valence-corrected chi connectivity index (χ4v) is 3.19. The van der Waals surface area contributed by atoms with Crippen molar-refractivity contribution in [1.82, 2.24) is 5.43 Å². The van der Waals surface area contributed by atoms with Crippen LogP contribution in [0.15, 0.2) is 59.7 Å². The number of thioether (sulfide) groups is 1. The summed E-state index contributed by atoms with van der Waals surface area (Å²) in [6.45, 7) is 4.43. The minimum atomic E-state index is 0.214. The fourth-order valence-electron chi connectivity index (χ4n) is 2.19. The Kier molecular flexibility index (Phi) is 3.79. The maximum atomic E-state index is 4.45. The van der Waals surface area contributed by atoms with E-state index in [0.717, 1.165) is 5.04 Å². The molecule has 1 atom stereocenters. The number of nitrogens with zero attached hydrogens (tertiary/aromatic N) is 1. The summed E-state index contributed by atoms with van der Waals surface area (Å²) in [7, 11) is 0. The van der Waals surface area contributed by atoms with Gasteiger partial charge in [-0.2, -0.15) is 5.10 Å². The van der Waals surface area contributed by atoms with Crippen LogP contribution >= 0.6 is 11.8 Å². The van der Waals surface area contributed by atoms with Gasteiger partial charge >= 0.3 is 0 Å². The standard InChI is InChI=1S/C17H18N2S/c1-12(2)13-8-10-15(11-9-13)17-19-18-16(20-17)14-6-4-3-5-7-14/h3-12,17,19H,1-2H3/t17-/m0/s1. The Hall–Kier alpha value is -1.74. The molecule has 0 radical (unpaired) electrons. The normalized spacial score (nSPS) is 17.9. The highest BCUT2D eigenvalue weighted by molar-refractivity contribution is 8.14. The van der Waals surface area contributed by atoms with Crippen molar-refractivity contribution in [2.24, 2.45) is 5.10 Å². The highest BCUT2D eigenvalue weighted by atomic mass is 32.2. The van der Waals surface area contributed by atoms with E-state index >= 15 is 0 Å². The molecule has 0 unspecified atom stereocenters. The lowest BCUT2D eigenvalue weighted by Crippen LogP contribution is -2.06. The molecule has 2 aromatic rings. The van der Waals surface area contributed by atoms with E-state index in [1.807, 2.05) is 18.2 Å². The van der Waals surface area contributed by atoms with Crippen molar-refractivity contribution in [1.29, 1.82) is 0 Å². The first kappa shape index (κ1) is 13.3. The Bertz CT molecular complexity index is 603. The number of benzene rings is 2. The van der Waals surface area contributed by atoms with E-state index in [1.54, 1.807) is 11.8 Å². The zero-order valence-corrected chi connectivity index (χ0v) is 12.5. The Morgan fingerprint density at radius 1 is 1.00 bits per heavy atom. The first-order valence-corrected chi connectivity index (χ1v) is 7.77. The lowest BCUT2D eigenvalue weighted by atomic mass is 10.0. The molecule has 1 aliphatic rings. The number of rotatable bonds is 3. The number of nitrogens with one attached hydrogen (secondary N) is 1. The van der Waals surface area contributed by atoms with E-state index in [-0.39, 0.29) is 5.37 Å². The third-order valence-corrected chi connectivity index (χ3v) is 4.60. The van der Waals surface area contributed by atoms with Crippen LogP contribution in [0.1, 0.15) is 41.8 Å². The molecule has 1 aliphatic heterocycles. The van der Waals surface area contributed by atoms with E-state index in [9.17, 15) is 0 Å². The smallest absolute Gasteiger partial charge is 0.126 e. The second-order valence-electron chi connectivity index (χ2n) is 5.23. The number of hydrazone groups is 1. The van der Waals surface area contributed by atoms with Crippen molar-refractivity contribution in [2.45, 2.75) is 25.1 Å². The van der Waals surface area contributed by atoms with Gasteiger partial charge in [0, 0.05) is 5.56 Å². The average molecular weight is 282 g/mol. The van der Waals surface area contributed by atoms with Crippen molar-refractivity contribution in [3.63, 3.8) is 0 Å². The third kappa shape index (κ3) is 2.73. The largest absolute Gasteiger partial charge is 0.291 e. The fraction of sp³-hybridized carbons (Fsp3) is 0.235. The molecule has 2 nitrogen and oxygen atoms in total. The molecule has 102 valence electrons. The van der Waals surface area contributed by atoms with Crippen molar-refractivity contribution < 1.29 is 0 Å². The minimum absolute atomic E-state index is 0.214. The molecule has 0 saturated carbocycles. The van der Waals surface area contributed by atoms with E-state index < -0.39 is 0 Å². The summed E-state index contributed by atoms with van der Waals surface area (Å²) in [5.41, 5.74) is 7.04. The molecule has 0 fully saturated rings. The third-order valence-electron chi connectivity index (χ3n) is 3.44. The van der Waals surface area contributed by atoms with Crippen LogP contribution in [0.3, 0.4) is 0 Å². The Morgan fingerprint density at radius 2 is 1.70 bits per heavy atom. The number of hydrogen-bond acceptors (Lipinski definition) is 3. The number of hydrogen-bond donors (Lipinski definition) is 1. The van der Waals surface area contributed by atoms with E-state index in [1.165, 1.54) is 16.7 Å². The molecule has 0 saturated heterocycles. The molecule has 2 aromatic carbocycles. The van der Waals surface area contributed by atoms with Crippen molar-refractivity contribution in [3.8, 4) is 0 Å². The predicted molar refractivity (Wildman–Crippen MR) is 87.0 cm³/mol. The topological polar surface area (TPSA) is 24.4 Å². The first-order valence-electron chi connectivity index (χ1n) is 6.89. The summed E-state index contributed by atoms with van der Waals surface area (Å²) in [6, 6.07) is 19.1. The Morgan fingerprint density at radius 3 is 2.35 bits per heavy atom. The molecule has 20 heavy (non-hydrogen) atoms. The Balaban J connectivity index is 1.73. The summed E-state index contributed by atoms with van der Waals surface area (Å²) in [4.78, 5) is 0. The summed E-state index contributed by atoms with van der Waals surface area (Å²) >= 11 is 1.77. The zero-order chi connectivity index (χ0) is 13.9. The molecule has 3 heteroatoms.